The summed E-state index contributed by atoms with van der Waals surface area (Å²) in [6, 6.07) is 4.13. The molecular formula is C9H11NO. The summed E-state index contributed by atoms with van der Waals surface area (Å²) >= 11 is 0. The number of nitrogens with zero attached hydrogens (tertiary/aromatic N) is 1. The molecule has 0 bridgehead atoms. The molecule has 2 nitrogen and oxygen atoms in total. The molecule has 1 aliphatic heterocycles. The molecule has 0 radical (unpaired) electrons. The Kier molecular flexibility index (Phi) is 1.34. The van der Waals surface area contributed by atoms with E-state index in [1.165, 1.54) is 5.56 Å². The molecule has 11 heavy (non-hydrogen) atoms. The average Bonchev–Trinajstić information content (AvgIpc) is 2.27. The summed E-state index contributed by atoms with van der Waals surface area (Å²) in [5, 5.41) is 0. The molecule has 0 amide bonds. The van der Waals surface area contributed by atoms with Crippen LogP contribution in [0.4, 0.5) is 0 Å². The van der Waals surface area contributed by atoms with E-state index in [2.05, 4.69) is 18.0 Å². The summed E-state index contributed by atoms with van der Waals surface area (Å²) in [5.41, 5.74) is 2.26. The molecule has 0 spiro atoms. The lowest BCUT2D eigenvalue weighted by Crippen LogP contribution is -2.05. The minimum absolute atomic E-state index is 0.305. The highest BCUT2D eigenvalue weighted by Crippen LogP contribution is 2.25. The number of aromatic nitrogens is 1. The molecule has 58 valence electrons. The van der Waals surface area contributed by atoms with Crippen molar-refractivity contribution in [2.75, 3.05) is 0 Å². The molecule has 1 aromatic rings. The molecule has 0 saturated heterocycles. The van der Waals surface area contributed by atoms with Crippen molar-refractivity contribution in [2.24, 2.45) is 0 Å². The van der Waals surface area contributed by atoms with Gasteiger partial charge in [0, 0.05) is 17.7 Å². The largest absolute Gasteiger partial charge is 0.474 e. The van der Waals surface area contributed by atoms with Crippen LogP contribution in [-0.2, 0) is 6.42 Å². The van der Waals surface area contributed by atoms with Gasteiger partial charge in [0.2, 0.25) is 5.88 Å². The van der Waals surface area contributed by atoms with Crippen molar-refractivity contribution in [1.82, 2.24) is 4.98 Å². The van der Waals surface area contributed by atoms with E-state index in [0.717, 1.165) is 18.0 Å². The monoisotopic (exact) mass is 149 g/mol. The fourth-order valence-corrected chi connectivity index (χ4v) is 1.36. The van der Waals surface area contributed by atoms with E-state index >= 15 is 0 Å². The van der Waals surface area contributed by atoms with Crippen LogP contribution in [0.2, 0.25) is 0 Å². The Bertz CT molecular complexity index is 283. The average molecular weight is 149 g/mol. The third-order valence-corrected chi connectivity index (χ3v) is 1.90. The number of hydrogen-bond donors (Lipinski definition) is 0. The fourth-order valence-electron chi connectivity index (χ4n) is 1.36. The molecule has 0 unspecified atom stereocenters. The van der Waals surface area contributed by atoms with Crippen LogP contribution in [0.5, 0.6) is 5.88 Å². The lowest BCUT2D eigenvalue weighted by atomic mass is 10.2. The van der Waals surface area contributed by atoms with Crippen LogP contribution in [0.25, 0.3) is 0 Å². The summed E-state index contributed by atoms with van der Waals surface area (Å²) in [7, 11) is 0. The lowest BCUT2D eigenvalue weighted by Gasteiger charge is -2.00. The van der Waals surface area contributed by atoms with E-state index in [1.807, 2.05) is 13.0 Å². The lowest BCUT2D eigenvalue weighted by molar-refractivity contribution is 0.246. The normalized spacial score (nSPS) is 21.1. The Morgan fingerprint density at radius 1 is 1.55 bits per heavy atom. The highest BCUT2D eigenvalue weighted by Gasteiger charge is 2.19. The first-order chi connectivity index (χ1) is 5.25. The molecule has 0 fully saturated rings. The first kappa shape index (κ1) is 6.65. The summed E-state index contributed by atoms with van der Waals surface area (Å²) < 4.78 is 5.48. The predicted molar refractivity (Wildman–Crippen MR) is 42.8 cm³/mol. The first-order valence-electron chi connectivity index (χ1n) is 3.89. The predicted octanol–water partition coefficient (Wildman–Crippen LogP) is 1.71. The van der Waals surface area contributed by atoms with Gasteiger partial charge in [-0.2, -0.15) is 0 Å². The molecule has 2 heteroatoms. The van der Waals surface area contributed by atoms with Gasteiger partial charge in [-0.1, -0.05) is 6.07 Å². The van der Waals surface area contributed by atoms with Gasteiger partial charge in [0.1, 0.15) is 6.10 Å². The van der Waals surface area contributed by atoms with Crippen LogP contribution < -0.4 is 4.74 Å². The van der Waals surface area contributed by atoms with Crippen molar-refractivity contribution >= 4 is 0 Å². The number of pyridine rings is 1. The highest BCUT2D eigenvalue weighted by atomic mass is 16.5. The molecule has 2 heterocycles. The van der Waals surface area contributed by atoms with Gasteiger partial charge < -0.3 is 4.74 Å². The van der Waals surface area contributed by atoms with Gasteiger partial charge in [-0.25, -0.2) is 4.98 Å². The van der Waals surface area contributed by atoms with Gasteiger partial charge in [-0.05, 0) is 19.9 Å². The minimum atomic E-state index is 0.305. The molecule has 1 aliphatic rings. The Balaban J connectivity index is 2.43. The zero-order valence-corrected chi connectivity index (χ0v) is 6.79. The SMILES string of the molecule is Cc1ccc2c(n1)O[C@@H](C)C2. The van der Waals surface area contributed by atoms with E-state index in [4.69, 9.17) is 4.74 Å². The van der Waals surface area contributed by atoms with Gasteiger partial charge in [0.05, 0.1) is 0 Å². The van der Waals surface area contributed by atoms with Gasteiger partial charge in [-0.15, -0.1) is 0 Å². The minimum Gasteiger partial charge on any atom is -0.474 e. The van der Waals surface area contributed by atoms with Crippen LogP contribution in [0.15, 0.2) is 12.1 Å². The van der Waals surface area contributed by atoms with Crippen LogP contribution in [0.1, 0.15) is 18.2 Å². The smallest absolute Gasteiger partial charge is 0.217 e. The topological polar surface area (TPSA) is 22.1 Å². The van der Waals surface area contributed by atoms with Gasteiger partial charge >= 0.3 is 0 Å². The molecule has 1 atom stereocenters. The Labute approximate surface area is 66.2 Å². The van der Waals surface area contributed by atoms with Gasteiger partial charge in [0.25, 0.3) is 0 Å². The summed E-state index contributed by atoms with van der Waals surface area (Å²) in [6.45, 7) is 4.05. The van der Waals surface area contributed by atoms with Crippen LogP contribution in [0, 0.1) is 6.92 Å². The molecule has 2 rings (SSSR count). The number of hydrogen-bond acceptors (Lipinski definition) is 2. The standard InChI is InChI=1S/C9H11NO/c1-6-3-4-8-5-7(2)11-9(8)10-6/h3-4,7H,5H2,1-2H3/t7-/m0/s1. The maximum Gasteiger partial charge on any atom is 0.217 e. The quantitative estimate of drug-likeness (QED) is 0.560. The number of aryl methyl sites for hydroxylation is 1. The summed E-state index contributed by atoms with van der Waals surface area (Å²) in [4.78, 5) is 4.28. The molecule has 0 aliphatic carbocycles. The van der Waals surface area contributed by atoms with E-state index in [-0.39, 0.29) is 0 Å². The Morgan fingerprint density at radius 3 is 3.18 bits per heavy atom. The van der Waals surface area contributed by atoms with Crippen molar-refractivity contribution in [2.45, 2.75) is 26.4 Å². The van der Waals surface area contributed by atoms with Gasteiger partial charge in [0.15, 0.2) is 0 Å². The summed E-state index contributed by atoms with van der Waals surface area (Å²) in [5.74, 6) is 0.831. The second-order valence-corrected chi connectivity index (χ2v) is 3.05. The van der Waals surface area contributed by atoms with E-state index in [1.54, 1.807) is 0 Å². The maximum absolute atomic E-state index is 5.48. The molecule has 0 saturated carbocycles. The Morgan fingerprint density at radius 2 is 2.36 bits per heavy atom. The number of rotatable bonds is 0. The van der Waals surface area contributed by atoms with E-state index in [9.17, 15) is 0 Å². The zero-order chi connectivity index (χ0) is 7.84. The summed E-state index contributed by atoms with van der Waals surface area (Å²) in [6.07, 6.45) is 1.31. The van der Waals surface area contributed by atoms with Crippen molar-refractivity contribution in [3.63, 3.8) is 0 Å². The van der Waals surface area contributed by atoms with Crippen molar-refractivity contribution in [3.8, 4) is 5.88 Å². The molecule has 1 aromatic heterocycles. The first-order valence-corrected chi connectivity index (χ1v) is 3.89. The molecule has 0 N–H and O–H groups in total. The fraction of sp³-hybridized carbons (Fsp3) is 0.444. The van der Waals surface area contributed by atoms with Gasteiger partial charge in [-0.3, -0.25) is 0 Å². The van der Waals surface area contributed by atoms with E-state index in [0.29, 0.717) is 6.10 Å². The zero-order valence-electron chi connectivity index (χ0n) is 6.79. The van der Waals surface area contributed by atoms with Crippen LogP contribution in [0.3, 0.4) is 0 Å². The highest BCUT2D eigenvalue weighted by molar-refractivity contribution is 5.31. The third kappa shape index (κ3) is 1.09. The second kappa shape index (κ2) is 2.22. The van der Waals surface area contributed by atoms with Crippen molar-refractivity contribution in [1.29, 1.82) is 0 Å². The van der Waals surface area contributed by atoms with Crippen molar-refractivity contribution < 1.29 is 4.74 Å². The number of ether oxygens (including phenoxy) is 1. The maximum atomic E-state index is 5.48. The van der Waals surface area contributed by atoms with Crippen molar-refractivity contribution in [3.05, 3.63) is 23.4 Å². The third-order valence-electron chi connectivity index (χ3n) is 1.90. The molecule has 0 aromatic carbocycles. The molecular weight excluding hydrogens is 138 g/mol. The van der Waals surface area contributed by atoms with Crippen LogP contribution >= 0.6 is 0 Å². The Hall–Kier alpha value is -1.05. The number of fused-ring (bicyclic) bond motifs is 1. The van der Waals surface area contributed by atoms with Crippen LogP contribution in [-0.4, -0.2) is 11.1 Å². The van der Waals surface area contributed by atoms with E-state index < -0.39 is 0 Å². The second-order valence-electron chi connectivity index (χ2n) is 3.05.